The van der Waals surface area contributed by atoms with Crippen molar-refractivity contribution in [2.75, 3.05) is 12.4 Å². The first-order valence-electron chi connectivity index (χ1n) is 5.91. The quantitative estimate of drug-likeness (QED) is 0.829. The van der Waals surface area contributed by atoms with Gasteiger partial charge in [-0.15, -0.1) is 0 Å². The molecule has 0 aliphatic carbocycles. The van der Waals surface area contributed by atoms with Gasteiger partial charge in [0.1, 0.15) is 5.75 Å². The SMILES string of the molecule is COc1cccc(C(=O)Nc2ncc(C=CC(=O)O)s2)c1. The van der Waals surface area contributed by atoms with E-state index in [9.17, 15) is 9.59 Å². The van der Waals surface area contributed by atoms with Crippen LogP contribution in [0.5, 0.6) is 5.75 Å². The van der Waals surface area contributed by atoms with Crippen LogP contribution in [0.1, 0.15) is 15.2 Å². The highest BCUT2D eigenvalue weighted by Crippen LogP contribution is 2.21. The fraction of sp³-hybridized carbons (Fsp3) is 0.0714. The summed E-state index contributed by atoms with van der Waals surface area (Å²) in [6.45, 7) is 0. The molecule has 0 fully saturated rings. The lowest BCUT2D eigenvalue weighted by molar-refractivity contribution is -0.131. The lowest BCUT2D eigenvalue weighted by Crippen LogP contribution is -2.11. The molecule has 0 atom stereocenters. The van der Waals surface area contributed by atoms with Gasteiger partial charge in [0.2, 0.25) is 0 Å². The number of aromatic nitrogens is 1. The molecule has 0 saturated carbocycles. The molecule has 0 radical (unpaired) electrons. The molecule has 6 nitrogen and oxygen atoms in total. The smallest absolute Gasteiger partial charge is 0.328 e. The zero-order valence-electron chi connectivity index (χ0n) is 11.1. The van der Waals surface area contributed by atoms with E-state index in [1.165, 1.54) is 30.7 Å². The number of carbonyl (C=O) groups is 2. The number of carboxylic acids is 1. The standard InChI is InChI=1S/C14H12N2O4S/c1-20-10-4-2-3-9(7-10)13(19)16-14-15-8-11(21-14)5-6-12(17)18/h2-8H,1H3,(H,17,18)(H,15,16,19). The van der Waals surface area contributed by atoms with Crippen molar-refractivity contribution in [2.24, 2.45) is 0 Å². The maximum Gasteiger partial charge on any atom is 0.328 e. The summed E-state index contributed by atoms with van der Waals surface area (Å²) in [7, 11) is 1.53. The Bertz CT molecular complexity index is 694. The van der Waals surface area contributed by atoms with Crippen molar-refractivity contribution in [1.29, 1.82) is 0 Å². The van der Waals surface area contributed by atoms with E-state index < -0.39 is 5.97 Å². The zero-order chi connectivity index (χ0) is 15.2. The van der Waals surface area contributed by atoms with E-state index in [-0.39, 0.29) is 5.91 Å². The topological polar surface area (TPSA) is 88.5 Å². The van der Waals surface area contributed by atoms with Crippen molar-refractivity contribution >= 4 is 34.4 Å². The molecular formula is C14H12N2O4S. The number of aliphatic carboxylic acids is 1. The number of carbonyl (C=O) groups excluding carboxylic acids is 1. The largest absolute Gasteiger partial charge is 0.497 e. The molecule has 1 heterocycles. The third-order valence-corrected chi connectivity index (χ3v) is 3.34. The van der Waals surface area contributed by atoms with Crippen LogP contribution in [0, 0.1) is 0 Å². The molecule has 2 rings (SSSR count). The summed E-state index contributed by atoms with van der Waals surface area (Å²) in [4.78, 5) is 27.1. The number of ether oxygens (including phenoxy) is 1. The number of carboxylic acid groups (broad SMARTS) is 1. The third-order valence-electron chi connectivity index (χ3n) is 2.47. The Kier molecular flexibility index (Phi) is 4.68. The maximum absolute atomic E-state index is 12.0. The van der Waals surface area contributed by atoms with E-state index in [0.29, 0.717) is 21.3 Å². The first-order valence-corrected chi connectivity index (χ1v) is 6.72. The molecule has 2 aromatic rings. The van der Waals surface area contributed by atoms with Crippen molar-refractivity contribution < 1.29 is 19.4 Å². The van der Waals surface area contributed by atoms with Gasteiger partial charge in [0.25, 0.3) is 5.91 Å². The number of hydrogen-bond acceptors (Lipinski definition) is 5. The number of nitrogens with zero attached hydrogens (tertiary/aromatic N) is 1. The van der Waals surface area contributed by atoms with Crippen molar-refractivity contribution in [3.05, 3.63) is 47.0 Å². The van der Waals surface area contributed by atoms with Crippen LogP contribution in [0.25, 0.3) is 6.08 Å². The second-order valence-electron chi connectivity index (χ2n) is 3.93. The molecule has 0 saturated heterocycles. The number of anilines is 1. The first kappa shape index (κ1) is 14.7. The normalized spacial score (nSPS) is 10.5. The molecule has 0 bridgehead atoms. The molecule has 1 amide bonds. The number of thiazole rings is 1. The monoisotopic (exact) mass is 304 g/mol. The number of hydrogen-bond donors (Lipinski definition) is 2. The lowest BCUT2D eigenvalue weighted by Gasteiger charge is -2.03. The highest BCUT2D eigenvalue weighted by atomic mass is 32.1. The number of nitrogens with one attached hydrogen (secondary N) is 1. The second-order valence-corrected chi connectivity index (χ2v) is 4.99. The van der Waals surface area contributed by atoms with E-state index in [1.807, 2.05) is 0 Å². The molecule has 0 unspecified atom stereocenters. The predicted molar refractivity (Wildman–Crippen MR) is 79.7 cm³/mol. The van der Waals surface area contributed by atoms with Crippen LogP contribution in [-0.4, -0.2) is 29.1 Å². The lowest BCUT2D eigenvalue weighted by atomic mass is 10.2. The average Bonchev–Trinajstić information content (AvgIpc) is 2.92. The minimum absolute atomic E-state index is 0.308. The summed E-state index contributed by atoms with van der Waals surface area (Å²) in [5.41, 5.74) is 0.451. The van der Waals surface area contributed by atoms with Gasteiger partial charge in [-0.25, -0.2) is 9.78 Å². The molecule has 0 aliphatic rings. The minimum Gasteiger partial charge on any atom is -0.497 e. The molecule has 7 heteroatoms. The van der Waals surface area contributed by atoms with Crippen LogP contribution in [0.2, 0.25) is 0 Å². The number of benzene rings is 1. The van der Waals surface area contributed by atoms with E-state index in [2.05, 4.69) is 10.3 Å². The molecule has 0 aliphatic heterocycles. The summed E-state index contributed by atoms with van der Waals surface area (Å²) >= 11 is 1.18. The summed E-state index contributed by atoms with van der Waals surface area (Å²) in [5.74, 6) is -0.755. The Hall–Kier alpha value is -2.67. The maximum atomic E-state index is 12.0. The van der Waals surface area contributed by atoms with Crippen molar-refractivity contribution in [3.8, 4) is 5.75 Å². The van der Waals surface area contributed by atoms with Gasteiger partial charge in [0.15, 0.2) is 5.13 Å². The Morgan fingerprint density at radius 2 is 2.24 bits per heavy atom. The third kappa shape index (κ3) is 4.15. The van der Waals surface area contributed by atoms with Crippen LogP contribution in [0.3, 0.4) is 0 Å². The fourth-order valence-corrected chi connectivity index (χ4v) is 2.22. The van der Waals surface area contributed by atoms with Gasteiger partial charge in [0.05, 0.1) is 7.11 Å². The fourth-order valence-electron chi connectivity index (χ4n) is 1.51. The van der Waals surface area contributed by atoms with Crippen molar-refractivity contribution in [2.45, 2.75) is 0 Å². The van der Waals surface area contributed by atoms with Gasteiger partial charge in [-0.1, -0.05) is 17.4 Å². The van der Waals surface area contributed by atoms with E-state index in [1.54, 1.807) is 24.3 Å². The van der Waals surface area contributed by atoms with Gasteiger partial charge in [-0.05, 0) is 24.3 Å². The summed E-state index contributed by atoms with van der Waals surface area (Å²) in [6, 6.07) is 6.75. The highest BCUT2D eigenvalue weighted by Gasteiger charge is 2.09. The molecule has 0 spiro atoms. The van der Waals surface area contributed by atoms with Gasteiger partial charge in [0, 0.05) is 22.7 Å². The highest BCUT2D eigenvalue weighted by molar-refractivity contribution is 7.16. The molecule has 1 aromatic carbocycles. The molecular weight excluding hydrogens is 292 g/mol. The molecule has 1 aromatic heterocycles. The Morgan fingerprint density at radius 1 is 1.43 bits per heavy atom. The predicted octanol–water partition coefficient (Wildman–Crippen LogP) is 2.50. The number of methoxy groups -OCH3 is 1. The van der Waals surface area contributed by atoms with Crippen LogP contribution >= 0.6 is 11.3 Å². The summed E-state index contributed by atoms with van der Waals surface area (Å²) in [6.07, 6.45) is 3.92. The number of amides is 1. The zero-order valence-corrected chi connectivity index (χ0v) is 11.9. The summed E-state index contributed by atoms with van der Waals surface area (Å²) < 4.78 is 5.06. The van der Waals surface area contributed by atoms with Crippen LogP contribution in [0.15, 0.2) is 36.5 Å². The molecule has 21 heavy (non-hydrogen) atoms. The van der Waals surface area contributed by atoms with Gasteiger partial charge < -0.3 is 9.84 Å². The van der Waals surface area contributed by atoms with Crippen molar-refractivity contribution in [1.82, 2.24) is 4.98 Å². The Labute approximate surface area is 124 Å². The minimum atomic E-state index is -1.04. The van der Waals surface area contributed by atoms with Crippen LogP contribution in [-0.2, 0) is 4.79 Å². The summed E-state index contributed by atoms with van der Waals surface area (Å²) in [5, 5.41) is 11.6. The van der Waals surface area contributed by atoms with Gasteiger partial charge >= 0.3 is 5.97 Å². The average molecular weight is 304 g/mol. The Morgan fingerprint density at radius 3 is 2.95 bits per heavy atom. The van der Waals surface area contributed by atoms with Crippen LogP contribution < -0.4 is 10.1 Å². The van der Waals surface area contributed by atoms with Gasteiger partial charge in [-0.3, -0.25) is 10.1 Å². The van der Waals surface area contributed by atoms with Crippen LogP contribution in [0.4, 0.5) is 5.13 Å². The van der Waals surface area contributed by atoms with Crippen molar-refractivity contribution in [3.63, 3.8) is 0 Å². The first-order chi connectivity index (χ1) is 10.1. The van der Waals surface area contributed by atoms with E-state index >= 15 is 0 Å². The molecule has 108 valence electrons. The van der Waals surface area contributed by atoms with Gasteiger partial charge in [-0.2, -0.15) is 0 Å². The Balaban J connectivity index is 2.07. The number of rotatable bonds is 5. The second kappa shape index (κ2) is 6.67. The molecule has 2 N–H and O–H groups in total. The van der Waals surface area contributed by atoms with E-state index in [0.717, 1.165) is 6.08 Å². The van der Waals surface area contributed by atoms with E-state index in [4.69, 9.17) is 9.84 Å².